The van der Waals surface area contributed by atoms with Crippen molar-refractivity contribution < 1.29 is 17.9 Å². The number of urea groups is 1. The van der Waals surface area contributed by atoms with Gasteiger partial charge in [-0.3, -0.25) is 9.80 Å². The highest BCUT2D eigenvalue weighted by atomic mass is 35.5. The first-order valence-electron chi connectivity index (χ1n) is 13.4. The van der Waals surface area contributed by atoms with E-state index in [1.54, 1.807) is 60.8 Å². The molecule has 4 aromatic rings. The number of halogens is 2. The van der Waals surface area contributed by atoms with Crippen molar-refractivity contribution in [1.82, 2.24) is 9.88 Å². The van der Waals surface area contributed by atoms with Gasteiger partial charge in [0.2, 0.25) is 5.88 Å². The van der Waals surface area contributed by atoms with E-state index in [2.05, 4.69) is 15.2 Å². The molecule has 1 aliphatic rings. The maximum absolute atomic E-state index is 13.5. The van der Waals surface area contributed by atoms with Gasteiger partial charge in [-0.2, -0.15) is 0 Å². The van der Waals surface area contributed by atoms with Gasteiger partial charge in [-0.25, -0.2) is 18.2 Å². The fraction of sp³-hybridized carbons (Fsp3) is 0.226. The molecule has 3 aromatic carbocycles. The SMILES string of the molecule is CS(=O)(=O)c1ccc(Oc2ccc(CN3CCC(N(C(=O)Nc4ccc(Cl)cc4)c4ccc(Cl)cc4)CC3)cn2)cc1. The lowest BCUT2D eigenvalue weighted by atomic mass is 10.0. The van der Waals surface area contributed by atoms with E-state index >= 15 is 0 Å². The lowest BCUT2D eigenvalue weighted by molar-refractivity contribution is 0.199. The van der Waals surface area contributed by atoms with E-state index in [4.69, 9.17) is 27.9 Å². The fourth-order valence-corrected chi connectivity index (χ4v) is 5.73. The number of aromatic nitrogens is 1. The lowest BCUT2D eigenvalue weighted by Crippen LogP contribution is -2.49. The Balaban J connectivity index is 1.19. The third-order valence-corrected chi connectivity index (χ3v) is 8.65. The quantitative estimate of drug-likeness (QED) is 0.221. The Morgan fingerprint density at radius 3 is 2.12 bits per heavy atom. The van der Waals surface area contributed by atoms with Gasteiger partial charge in [-0.15, -0.1) is 0 Å². The van der Waals surface area contributed by atoms with Crippen molar-refractivity contribution in [3.8, 4) is 11.6 Å². The number of benzene rings is 3. The normalized spacial score (nSPS) is 14.4. The minimum absolute atomic E-state index is 0.0118. The Morgan fingerprint density at radius 1 is 0.929 bits per heavy atom. The summed E-state index contributed by atoms with van der Waals surface area (Å²) in [5, 5.41) is 4.22. The molecule has 1 N–H and O–H groups in total. The van der Waals surface area contributed by atoms with Crippen LogP contribution in [0.3, 0.4) is 0 Å². The van der Waals surface area contributed by atoms with Gasteiger partial charge in [-0.1, -0.05) is 29.3 Å². The van der Waals surface area contributed by atoms with Gasteiger partial charge in [0.15, 0.2) is 9.84 Å². The predicted octanol–water partition coefficient (Wildman–Crippen LogP) is 7.29. The van der Waals surface area contributed by atoms with Crippen molar-refractivity contribution in [2.75, 3.05) is 29.6 Å². The summed E-state index contributed by atoms with van der Waals surface area (Å²) in [7, 11) is -3.26. The van der Waals surface area contributed by atoms with Crippen LogP contribution < -0.4 is 15.0 Å². The van der Waals surface area contributed by atoms with Crippen LogP contribution in [0.15, 0.2) is 96.0 Å². The summed E-state index contributed by atoms with van der Waals surface area (Å²) in [4.78, 5) is 22.3. The lowest BCUT2D eigenvalue weighted by Gasteiger charge is -2.38. The van der Waals surface area contributed by atoms with Gasteiger partial charge in [0.25, 0.3) is 0 Å². The summed E-state index contributed by atoms with van der Waals surface area (Å²) in [6.07, 6.45) is 4.55. The van der Waals surface area contributed by atoms with Crippen LogP contribution in [-0.4, -0.2) is 49.7 Å². The van der Waals surface area contributed by atoms with Crippen molar-refractivity contribution in [3.63, 3.8) is 0 Å². The molecular formula is C31H30Cl2N4O4S. The number of carbonyl (C=O) groups excluding carboxylic acids is 1. The second kappa shape index (κ2) is 13.1. The standard InChI is InChI=1S/C31H30Cl2N4O4S/c1-42(39,40)29-13-11-28(12-14-29)41-30-15-2-22(20-34-30)21-36-18-16-27(17-19-36)37(26-9-5-24(33)6-10-26)31(38)35-25-7-3-23(32)4-8-25/h2-15,20,27H,16-19,21H2,1H3,(H,35,38). The van der Waals surface area contributed by atoms with Crippen molar-refractivity contribution >= 4 is 50.4 Å². The molecule has 5 rings (SSSR count). The molecule has 2 heterocycles. The fourth-order valence-electron chi connectivity index (χ4n) is 4.85. The van der Waals surface area contributed by atoms with Gasteiger partial charge in [0, 0.05) is 65.6 Å². The van der Waals surface area contributed by atoms with E-state index in [-0.39, 0.29) is 17.0 Å². The predicted molar refractivity (Wildman–Crippen MR) is 167 cm³/mol. The summed E-state index contributed by atoms with van der Waals surface area (Å²) in [6.45, 7) is 2.35. The summed E-state index contributed by atoms with van der Waals surface area (Å²) < 4.78 is 29.1. The molecule has 1 aliphatic heterocycles. The van der Waals surface area contributed by atoms with E-state index in [9.17, 15) is 13.2 Å². The highest BCUT2D eigenvalue weighted by molar-refractivity contribution is 7.90. The Hall–Kier alpha value is -3.63. The average Bonchev–Trinajstić information content (AvgIpc) is 2.97. The number of carbonyl (C=O) groups is 1. The molecule has 1 fully saturated rings. The molecule has 42 heavy (non-hydrogen) atoms. The number of nitrogens with zero attached hydrogens (tertiary/aromatic N) is 3. The van der Waals surface area contributed by atoms with Gasteiger partial charge < -0.3 is 10.1 Å². The van der Waals surface area contributed by atoms with E-state index in [0.717, 1.165) is 43.7 Å². The maximum Gasteiger partial charge on any atom is 0.326 e. The number of nitrogens with one attached hydrogen (secondary N) is 1. The molecule has 0 aliphatic carbocycles. The first kappa shape index (κ1) is 29.8. The van der Waals surface area contributed by atoms with Crippen molar-refractivity contribution in [3.05, 3.63) is 107 Å². The first-order chi connectivity index (χ1) is 20.1. The maximum atomic E-state index is 13.5. The molecule has 0 spiro atoms. The number of pyridine rings is 1. The second-order valence-electron chi connectivity index (χ2n) is 10.1. The number of hydrogen-bond donors (Lipinski definition) is 1. The molecule has 0 bridgehead atoms. The largest absolute Gasteiger partial charge is 0.439 e. The number of ether oxygens (including phenoxy) is 1. The summed E-state index contributed by atoms with van der Waals surface area (Å²) in [5.41, 5.74) is 2.50. The third kappa shape index (κ3) is 7.80. The Labute approximate surface area is 255 Å². The zero-order valence-corrected chi connectivity index (χ0v) is 25.2. The summed E-state index contributed by atoms with van der Waals surface area (Å²) in [5.74, 6) is 0.935. The molecule has 11 heteroatoms. The van der Waals surface area contributed by atoms with E-state index in [1.807, 2.05) is 23.1 Å². The van der Waals surface area contributed by atoms with Gasteiger partial charge >= 0.3 is 6.03 Å². The molecule has 0 saturated carbocycles. The molecule has 1 saturated heterocycles. The second-order valence-corrected chi connectivity index (χ2v) is 13.0. The van der Waals surface area contributed by atoms with Gasteiger partial charge in [0.1, 0.15) is 5.75 Å². The van der Waals surface area contributed by atoms with Gasteiger partial charge in [-0.05, 0) is 91.2 Å². The number of piperidine rings is 1. The summed E-state index contributed by atoms with van der Waals surface area (Å²) in [6, 6.07) is 24.2. The van der Waals surface area contributed by atoms with Crippen LogP contribution in [0.2, 0.25) is 10.0 Å². The Bertz CT molecular complexity index is 1610. The average molecular weight is 626 g/mol. The zero-order chi connectivity index (χ0) is 29.7. The minimum Gasteiger partial charge on any atom is -0.439 e. The van der Waals surface area contributed by atoms with Crippen molar-refractivity contribution in [1.29, 1.82) is 0 Å². The van der Waals surface area contributed by atoms with Crippen LogP contribution in [0.25, 0.3) is 0 Å². The molecule has 1 aromatic heterocycles. The van der Waals surface area contributed by atoms with Crippen molar-refractivity contribution in [2.45, 2.75) is 30.3 Å². The van der Waals surface area contributed by atoms with Gasteiger partial charge in [0.05, 0.1) is 4.90 Å². The Morgan fingerprint density at radius 2 is 1.55 bits per heavy atom. The third-order valence-electron chi connectivity index (χ3n) is 7.02. The van der Waals surface area contributed by atoms with Crippen LogP contribution >= 0.6 is 23.2 Å². The molecule has 218 valence electrons. The monoisotopic (exact) mass is 624 g/mol. The highest BCUT2D eigenvalue weighted by Crippen LogP contribution is 2.28. The molecule has 8 nitrogen and oxygen atoms in total. The number of amides is 2. The number of likely N-dealkylation sites (tertiary alicyclic amines) is 1. The zero-order valence-electron chi connectivity index (χ0n) is 22.9. The highest BCUT2D eigenvalue weighted by Gasteiger charge is 2.29. The number of hydrogen-bond acceptors (Lipinski definition) is 6. The van der Waals surface area contributed by atoms with E-state index in [0.29, 0.717) is 27.4 Å². The first-order valence-corrected chi connectivity index (χ1v) is 16.1. The molecule has 0 radical (unpaired) electrons. The van der Waals surface area contributed by atoms with E-state index < -0.39 is 9.84 Å². The molecule has 0 unspecified atom stereocenters. The van der Waals surface area contributed by atoms with Crippen LogP contribution in [-0.2, 0) is 16.4 Å². The smallest absolute Gasteiger partial charge is 0.326 e. The minimum atomic E-state index is -3.26. The number of anilines is 2. The van der Waals surface area contributed by atoms with Crippen molar-refractivity contribution in [2.24, 2.45) is 0 Å². The number of sulfone groups is 1. The molecule has 2 amide bonds. The van der Waals surface area contributed by atoms with Crippen LogP contribution in [0, 0.1) is 0 Å². The number of rotatable bonds is 8. The topological polar surface area (TPSA) is 91.8 Å². The summed E-state index contributed by atoms with van der Waals surface area (Å²) >= 11 is 12.1. The van der Waals surface area contributed by atoms with Crippen LogP contribution in [0.4, 0.5) is 16.2 Å². The Kier molecular flexibility index (Phi) is 9.33. The molecule has 0 atom stereocenters. The van der Waals surface area contributed by atoms with Crippen LogP contribution in [0.1, 0.15) is 18.4 Å². The van der Waals surface area contributed by atoms with Crippen LogP contribution in [0.5, 0.6) is 11.6 Å². The molecular weight excluding hydrogens is 595 g/mol. The van der Waals surface area contributed by atoms with E-state index in [1.165, 1.54) is 18.4 Å².